The molecule has 0 aliphatic rings. The van der Waals surface area contributed by atoms with Gasteiger partial charge in [-0.2, -0.15) is 0 Å². The Labute approximate surface area is 140 Å². The largest absolute Gasteiger partial charge is 0.461 e. The molecule has 0 atom stereocenters. The van der Waals surface area contributed by atoms with E-state index in [1.165, 1.54) is 0 Å². The summed E-state index contributed by atoms with van der Waals surface area (Å²) in [6, 6.07) is 18.6. The molecule has 1 aromatic heterocycles. The first-order chi connectivity index (χ1) is 11.1. The number of benzene rings is 2. The number of carbonyl (C=O) groups excluding carboxylic acids is 1. The zero-order valence-corrected chi connectivity index (χ0v) is 13.7. The Balaban J connectivity index is 1.91. The van der Waals surface area contributed by atoms with E-state index >= 15 is 0 Å². The van der Waals surface area contributed by atoms with Gasteiger partial charge in [0.15, 0.2) is 0 Å². The highest BCUT2D eigenvalue weighted by molar-refractivity contribution is 6.30. The lowest BCUT2D eigenvalue weighted by Crippen LogP contribution is -2.26. The molecular formula is C19H16ClNO2. The Morgan fingerprint density at radius 3 is 2.35 bits per heavy atom. The van der Waals surface area contributed by atoms with E-state index in [2.05, 4.69) is 0 Å². The summed E-state index contributed by atoms with van der Waals surface area (Å²) in [6.07, 6.45) is 0. The molecule has 3 aromatic rings. The third-order valence-electron chi connectivity index (χ3n) is 3.73. The van der Waals surface area contributed by atoms with E-state index < -0.39 is 0 Å². The van der Waals surface area contributed by atoms with Gasteiger partial charge in [-0.25, -0.2) is 0 Å². The van der Waals surface area contributed by atoms with Crippen molar-refractivity contribution in [1.29, 1.82) is 0 Å². The van der Waals surface area contributed by atoms with Crippen molar-refractivity contribution >= 4 is 23.2 Å². The second-order valence-electron chi connectivity index (χ2n) is 5.29. The van der Waals surface area contributed by atoms with E-state index in [0.717, 1.165) is 11.3 Å². The predicted molar refractivity (Wildman–Crippen MR) is 93.1 cm³/mol. The Hall–Kier alpha value is -2.52. The molecular weight excluding hydrogens is 310 g/mol. The fraction of sp³-hybridized carbons (Fsp3) is 0.105. The SMILES string of the molecule is Cc1oc(-c2ccc(Cl)cc2)cc1C(=O)N(C)c1ccccc1. The van der Waals surface area contributed by atoms with Crippen LogP contribution in [0.25, 0.3) is 11.3 Å². The Morgan fingerprint density at radius 1 is 1.04 bits per heavy atom. The van der Waals surface area contributed by atoms with Gasteiger partial charge in [0.1, 0.15) is 11.5 Å². The van der Waals surface area contributed by atoms with Crippen LogP contribution in [0.3, 0.4) is 0 Å². The number of furan rings is 1. The topological polar surface area (TPSA) is 33.5 Å². The lowest BCUT2D eigenvalue weighted by atomic mass is 10.1. The number of rotatable bonds is 3. The van der Waals surface area contributed by atoms with Crippen LogP contribution in [0, 0.1) is 6.92 Å². The summed E-state index contributed by atoms with van der Waals surface area (Å²) in [4.78, 5) is 14.3. The van der Waals surface area contributed by atoms with Gasteiger partial charge in [-0.05, 0) is 49.4 Å². The van der Waals surface area contributed by atoms with Gasteiger partial charge in [0, 0.05) is 23.3 Å². The zero-order valence-electron chi connectivity index (χ0n) is 12.9. The number of aryl methyl sites for hydroxylation is 1. The number of nitrogens with zero attached hydrogens (tertiary/aromatic N) is 1. The van der Waals surface area contributed by atoms with Crippen LogP contribution in [0.2, 0.25) is 5.02 Å². The van der Waals surface area contributed by atoms with Crippen LogP contribution in [-0.4, -0.2) is 13.0 Å². The Kier molecular flexibility index (Phi) is 4.22. The molecule has 3 rings (SSSR count). The van der Waals surface area contributed by atoms with Gasteiger partial charge in [0.25, 0.3) is 5.91 Å². The fourth-order valence-corrected chi connectivity index (χ4v) is 2.53. The first-order valence-electron chi connectivity index (χ1n) is 7.26. The summed E-state index contributed by atoms with van der Waals surface area (Å²) in [5, 5.41) is 0.664. The molecule has 0 fully saturated rings. The van der Waals surface area contributed by atoms with E-state index in [1.807, 2.05) is 42.5 Å². The van der Waals surface area contributed by atoms with E-state index in [4.69, 9.17) is 16.0 Å². The molecule has 4 heteroatoms. The van der Waals surface area contributed by atoms with E-state index in [1.54, 1.807) is 37.1 Å². The molecule has 0 N–H and O–H groups in total. The molecule has 0 aliphatic carbocycles. The zero-order chi connectivity index (χ0) is 16.4. The molecule has 0 saturated carbocycles. The molecule has 0 spiro atoms. The highest BCUT2D eigenvalue weighted by Gasteiger charge is 2.20. The van der Waals surface area contributed by atoms with Crippen LogP contribution in [0.4, 0.5) is 5.69 Å². The minimum atomic E-state index is -0.0994. The van der Waals surface area contributed by atoms with Gasteiger partial charge in [-0.3, -0.25) is 4.79 Å². The fourth-order valence-electron chi connectivity index (χ4n) is 2.40. The van der Waals surface area contributed by atoms with Gasteiger partial charge < -0.3 is 9.32 Å². The van der Waals surface area contributed by atoms with Crippen LogP contribution in [0.5, 0.6) is 0 Å². The maximum atomic E-state index is 12.7. The molecule has 23 heavy (non-hydrogen) atoms. The van der Waals surface area contributed by atoms with Crippen molar-refractivity contribution < 1.29 is 9.21 Å². The monoisotopic (exact) mass is 325 g/mol. The summed E-state index contributed by atoms with van der Waals surface area (Å²) >= 11 is 5.90. The van der Waals surface area contributed by atoms with Crippen LogP contribution in [-0.2, 0) is 0 Å². The van der Waals surface area contributed by atoms with Crippen LogP contribution < -0.4 is 4.90 Å². The number of carbonyl (C=O) groups is 1. The number of halogens is 1. The first-order valence-corrected chi connectivity index (χ1v) is 7.63. The maximum Gasteiger partial charge on any atom is 0.261 e. The standard InChI is InChI=1S/C19H16ClNO2/c1-13-17(19(22)21(2)16-6-4-3-5-7-16)12-18(23-13)14-8-10-15(20)11-9-14/h3-12H,1-2H3. The Bertz CT molecular complexity index is 822. The lowest BCUT2D eigenvalue weighted by molar-refractivity contribution is 0.0991. The summed E-state index contributed by atoms with van der Waals surface area (Å²) in [7, 11) is 1.76. The quantitative estimate of drug-likeness (QED) is 0.664. The van der Waals surface area contributed by atoms with Crippen LogP contribution in [0.1, 0.15) is 16.1 Å². The molecule has 0 radical (unpaired) electrons. The second-order valence-corrected chi connectivity index (χ2v) is 5.72. The van der Waals surface area contributed by atoms with Crippen LogP contribution in [0.15, 0.2) is 65.1 Å². The van der Waals surface area contributed by atoms with Crippen molar-refractivity contribution in [2.24, 2.45) is 0 Å². The van der Waals surface area contributed by atoms with Crippen molar-refractivity contribution in [3.8, 4) is 11.3 Å². The van der Waals surface area contributed by atoms with Crippen molar-refractivity contribution in [2.45, 2.75) is 6.92 Å². The average molecular weight is 326 g/mol. The third kappa shape index (κ3) is 3.15. The summed E-state index contributed by atoms with van der Waals surface area (Å²) < 4.78 is 5.76. The van der Waals surface area contributed by atoms with Gasteiger partial charge in [0.2, 0.25) is 0 Å². The lowest BCUT2D eigenvalue weighted by Gasteiger charge is -2.16. The predicted octanol–water partition coefficient (Wildman–Crippen LogP) is 5.19. The van der Waals surface area contributed by atoms with Gasteiger partial charge in [0.05, 0.1) is 5.56 Å². The van der Waals surface area contributed by atoms with Crippen molar-refractivity contribution in [1.82, 2.24) is 0 Å². The van der Waals surface area contributed by atoms with Gasteiger partial charge in [-0.15, -0.1) is 0 Å². The van der Waals surface area contributed by atoms with Gasteiger partial charge >= 0.3 is 0 Å². The molecule has 0 saturated heterocycles. The molecule has 2 aromatic carbocycles. The number of anilines is 1. The number of hydrogen-bond acceptors (Lipinski definition) is 2. The highest BCUT2D eigenvalue weighted by atomic mass is 35.5. The minimum absolute atomic E-state index is 0.0994. The molecule has 0 aliphatic heterocycles. The first kappa shape index (κ1) is 15.4. The normalized spacial score (nSPS) is 10.6. The van der Waals surface area contributed by atoms with E-state index in [9.17, 15) is 4.79 Å². The third-order valence-corrected chi connectivity index (χ3v) is 3.98. The Morgan fingerprint density at radius 2 is 1.70 bits per heavy atom. The van der Waals surface area contributed by atoms with Gasteiger partial charge in [-0.1, -0.05) is 29.8 Å². The molecule has 0 unspecified atom stereocenters. The summed E-state index contributed by atoms with van der Waals surface area (Å²) in [5.74, 6) is 1.16. The molecule has 3 nitrogen and oxygen atoms in total. The van der Waals surface area contributed by atoms with E-state index in [0.29, 0.717) is 22.1 Å². The number of para-hydroxylation sites is 1. The highest BCUT2D eigenvalue weighted by Crippen LogP contribution is 2.28. The minimum Gasteiger partial charge on any atom is -0.461 e. The molecule has 1 amide bonds. The smallest absolute Gasteiger partial charge is 0.261 e. The second kappa shape index (κ2) is 6.31. The van der Waals surface area contributed by atoms with Crippen molar-refractivity contribution in [2.75, 3.05) is 11.9 Å². The summed E-state index contributed by atoms with van der Waals surface area (Å²) in [6.45, 7) is 1.80. The van der Waals surface area contributed by atoms with Crippen molar-refractivity contribution in [3.05, 3.63) is 77.0 Å². The van der Waals surface area contributed by atoms with Crippen molar-refractivity contribution in [3.63, 3.8) is 0 Å². The van der Waals surface area contributed by atoms with E-state index in [-0.39, 0.29) is 5.91 Å². The van der Waals surface area contributed by atoms with Crippen LogP contribution >= 0.6 is 11.6 Å². The molecule has 1 heterocycles. The number of hydrogen-bond donors (Lipinski definition) is 0. The molecule has 116 valence electrons. The number of amides is 1. The maximum absolute atomic E-state index is 12.7. The average Bonchev–Trinajstić information content (AvgIpc) is 2.96. The molecule has 0 bridgehead atoms. The summed E-state index contributed by atoms with van der Waals surface area (Å²) in [5.41, 5.74) is 2.28.